The molecule has 0 amide bonds. The van der Waals surface area contributed by atoms with Crippen molar-refractivity contribution >= 4 is 0 Å². The van der Waals surface area contributed by atoms with Gasteiger partial charge in [0.2, 0.25) is 0 Å². The van der Waals surface area contributed by atoms with Crippen LogP contribution in [0.3, 0.4) is 0 Å². The number of aliphatic hydroxyl groups excluding tert-OH is 4. The van der Waals surface area contributed by atoms with E-state index >= 15 is 0 Å². The second-order valence-electron chi connectivity index (χ2n) is 10.4. The van der Waals surface area contributed by atoms with E-state index in [1.165, 1.54) is 25.7 Å². The maximum atomic E-state index is 10.9. The predicted molar refractivity (Wildman–Crippen MR) is 119 cm³/mol. The molecule has 1 atom stereocenters. The third kappa shape index (κ3) is 8.47. The second kappa shape index (κ2) is 13.3. The first kappa shape index (κ1) is 25.1. The molecule has 4 heteroatoms. The Morgan fingerprint density at radius 2 is 1.10 bits per heavy atom. The van der Waals surface area contributed by atoms with Gasteiger partial charge in [-0.1, -0.05) is 45.4 Å². The Balaban J connectivity index is 1.80. The lowest BCUT2D eigenvalue weighted by molar-refractivity contribution is -0.0401. The van der Waals surface area contributed by atoms with Crippen molar-refractivity contribution in [2.75, 3.05) is 6.61 Å². The van der Waals surface area contributed by atoms with Crippen LogP contribution in [0.2, 0.25) is 0 Å². The largest absolute Gasteiger partial charge is 0.396 e. The van der Waals surface area contributed by atoms with E-state index < -0.39 is 0 Å². The van der Waals surface area contributed by atoms with Crippen LogP contribution in [0.5, 0.6) is 0 Å². The molecule has 0 saturated heterocycles. The van der Waals surface area contributed by atoms with Crippen molar-refractivity contribution in [1.82, 2.24) is 0 Å². The molecule has 0 aromatic heterocycles. The Labute approximate surface area is 179 Å². The summed E-state index contributed by atoms with van der Waals surface area (Å²) in [6, 6.07) is 0. The molecule has 2 aliphatic rings. The second-order valence-corrected chi connectivity index (χ2v) is 10.4. The molecule has 172 valence electrons. The molecule has 0 aliphatic heterocycles. The fourth-order valence-corrected chi connectivity index (χ4v) is 6.12. The highest BCUT2D eigenvalue weighted by Crippen LogP contribution is 2.51. The van der Waals surface area contributed by atoms with Crippen LogP contribution in [0.1, 0.15) is 116 Å². The smallest absolute Gasteiger partial charge is 0.0545 e. The molecular weight excluding hydrogens is 364 g/mol. The normalized spacial score (nSPS) is 31.3. The summed E-state index contributed by atoms with van der Waals surface area (Å²) in [5.74, 6) is 1.18. The van der Waals surface area contributed by atoms with Crippen molar-refractivity contribution in [3.63, 3.8) is 0 Å². The third-order valence-electron chi connectivity index (χ3n) is 8.13. The fourth-order valence-electron chi connectivity index (χ4n) is 6.12. The van der Waals surface area contributed by atoms with Crippen molar-refractivity contribution in [2.45, 2.75) is 134 Å². The quantitative estimate of drug-likeness (QED) is 0.322. The monoisotopic (exact) mass is 412 g/mol. The summed E-state index contributed by atoms with van der Waals surface area (Å²) in [4.78, 5) is 0. The highest BCUT2D eigenvalue weighted by molar-refractivity contribution is 4.94. The van der Waals surface area contributed by atoms with E-state index in [-0.39, 0.29) is 23.7 Å². The van der Waals surface area contributed by atoms with Gasteiger partial charge in [0.05, 0.1) is 18.3 Å². The van der Waals surface area contributed by atoms with Crippen LogP contribution in [0, 0.1) is 17.3 Å². The van der Waals surface area contributed by atoms with E-state index in [2.05, 4.69) is 6.92 Å². The standard InChI is InChI=1S/C25H48O4/c1-25(20-10-14-22(27)15-11-20,21-12-16-23(28)17-13-21)19-24(29)9-7-5-3-2-4-6-8-18-26/h20-24,26-29H,2-19H2,1H3. The van der Waals surface area contributed by atoms with Gasteiger partial charge >= 0.3 is 0 Å². The van der Waals surface area contributed by atoms with Gasteiger partial charge in [-0.3, -0.25) is 0 Å². The topological polar surface area (TPSA) is 80.9 Å². The molecule has 2 aliphatic carbocycles. The molecule has 2 rings (SSSR count). The molecule has 0 aromatic carbocycles. The van der Waals surface area contributed by atoms with Crippen molar-refractivity contribution in [2.24, 2.45) is 17.3 Å². The number of hydrogen-bond donors (Lipinski definition) is 4. The van der Waals surface area contributed by atoms with Gasteiger partial charge in [0.15, 0.2) is 0 Å². The van der Waals surface area contributed by atoms with Crippen LogP contribution >= 0.6 is 0 Å². The molecule has 29 heavy (non-hydrogen) atoms. The van der Waals surface area contributed by atoms with E-state index in [9.17, 15) is 15.3 Å². The van der Waals surface area contributed by atoms with Crippen LogP contribution in [-0.4, -0.2) is 45.3 Å². The Morgan fingerprint density at radius 3 is 1.55 bits per heavy atom. The predicted octanol–water partition coefficient (Wildman–Crippen LogP) is 4.96. The summed E-state index contributed by atoms with van der Waals surface area (Å²) in [6.45, 7) is 2.72. The molecule has 0 aromatic rings. The first-order valence-corrected chi connectivity index (χ1v) is 12.6. The lowest BCUT2D eigenvalue weighted by Crippen LogP contribution is -2.42. The molecule has 2 saturated carbocycles. The minimum atomic E-state index is -0.229. The van der Waals surface area contributed by atoms with E-state index in [1.807, 2.05) is 0 Å². The Hall–Kier alpha value is -0.160. The zero-order valence-corrected chi connectivity index (χ0v) is 18.9. The molecule has 0 radical (unpaired) electrons. The van der Waals surface area contributed by atoms with Gasteiger partial charge in [-0.15, -0.1) is 0 Å². The first-order valence-electron chi connectivity index (χ1n) is 12.6. The van der Waals surface area contributed by atoms with Gasteiger partial charge < -0.3 is 20.4 Å². The molecule has 2 fully saturated rings. The van der Waals surface area contributed by atoms with E-state index in [0.29, 0.717) is 18.4 Å². The van der Waals surface area contributed by atoms with Crippen LogP contribution in [-0.2, 0) is 0 Å². The van der Waals surface area contributed by atoms with Gasteiger partial charge in [-0.25, -0.2) is 0 Å². The minimum absolute atomic E-state index is 0.129. The van der Waals surface area contributed by atoms with Gasteiger partial charge in [0.1, 0.15) is 0 Å². The van der Waals surface area contributed by atoms with Gasteiger partial charge in [0, 0.05) is 6.61 Å². The summed E-state index contributed by atoms with van der Waals surface area (Å²) in [5, 5.41) is 39.6. The minimum Gasteiger partial charge on any atom is -0.396 e. The van der Waals surface area contributed by atoms with E-state index in [1.54, 1.807) is 0 Å². The van der Waals surface area contributed by atoms with Crippen LogP contribution < -0.4 is 0 Å². The summed E-state index contributed by atoms with van der Waals surface area (Å²) in [5.41, 5.74) is 0.129. The summed E-state index contributed by atoms with van der Waals surface area (Å²) in [7, 11) is 0. The van der Waals surface area contributed by atoms with Crippen LogP contribution in [0.4, 0.5) is 0 Å². The first-order chi connectivity index (χ1) is 14.0. The number of aliphatic hydroxyl groups is 4. The summed E-state index contributed by atoms with van der Waals surface area (Å²) in [6.07, 6.45) is 17.3. The van der Waals surface area contributed by atoms with Crippen molar-refractivity contribution < 1.29 is 20.4 Å². The van der Waals surface area contributed by atoms with Gasteiger partial charge in [-0.2, -0.15) is 0 Å². The van der Waals surface area contributed by atoms with Crippen molar-refractivity contribution in [1.29, 1.82) is 0 Å². The molecule has 4 nitrogen and oxygen atoms in total. The lowest BCUT2D eigenvalue weighted by Gasteiger charge is -2.49. The molecular formula is C25H48O4. The highest BCUT2D eigenvalue weighted by atomic mass is 16.3. The zero-order valence-electron chi connectivity index (χ0n) is 18.9. The van der Waals surface area contributed by atoms with Crippen LogP contribution in [0.25, 0.3) is 0 Å². The molecule has 1 unspecified atom stereocenters. The lowest BCUT2D eigenvalue weighted by atomic mass is 9.57. The van der Waals surface area contributed by atoms with Gasteiger partial charge in [0.25, 0.3) is 0 Å². The highest BCUT2D eigenvalue weighted by Gasteiger charge is 2.44. The maximum absolute atomic E-state index is 10.9. The van der Waals surface area contributed by atoms with E-state index in [0.717, 1.165) is 83.5 Å². The Bertz CT molecular complexity index is 389. The van der Waals surface area contributed by atoms with Crippen molar-refractivity contribution in [3.8, 4) is 0 Å². The average Bonchev–Trinajstić information content (AvgIpc) is 2.70. The molecule has 4 N–H and O–H groups in total. The van der Waals surface area contributed by atoms with Crippen LogP contribution in [0.15, 0.2) is 0 Å². The third-order valence-corrected chi connectivity index (χ3v) is 8.13. The molecule has 0 spiro atoms. The number of rotatable bonds is 13. The number of hydrogen-bond acceptors (Lipinski definition) is 4. The SMILES string of the molecule is CC(CC(O)CCCCCCCCCO)(C1CCC(O)CC1)C1CCC(O)CC1. The zero-order chi connectivity index (χ0) is 21.1. The molecule has 0 heterocycles. The average molecular weight is 413 g/mol. The fraction of sp³-hybridized carbons (Fsp3) is 1.00. The van der Waals surface area contributed by atoms with Crippen molar-refractivity contribution in [3.05, 3.63) is 0 Å². The van der Waals surface area contributed by atoms with E-state index in [4.69, 9.17) is 5.11 Å². The number of unbranched alkanes of at least 4 members (excludes halogenated alkanes) is 6. The summed E-state index contributed by atoms with van der Waals surface area (Å²) < 4.78 is 0. The maximum Gasteiger partial charge on any atom is 0.0545 e. The Morgan fingerprint density at radius 1 is 0.690 bits per heavy atom. The molecule has 0 bridgehead atoms. The Kier molecular flexibility index (Phi) is 11.5. The summed E-state index contributed by atoms with van der Waals surface area (Å²) >= 11 is 0. The van der Waals surface area contributed by atoms with Gasteiger partial charge in [-0.05, 0) is 87.9 Å².